The summed E-state index contributed by atoms with van der Waals surface area (Å²) in [7, 11) is 0. The zero-order chi connectivity index (χ0) is 13.4. The van der Waals surface area contributed by atoms with Gasteiger partial charge in [-0.1, -0.05) is 35.9 Å². The summed E-state index contributed by atoms with van der Waals surface area (Å²) in [6.07, 6.45) is 0. The summed E-state index contributed by atoms with van der Waals surface area (Å²) in [5.74, 6) is 0. The minimum absolute atomic E-state index is 0.0810. The fourth-order valence-corrected chi connectivity index (χ4v) is 2.63. The van der Waals surface area contributed by atoms with Crippen LogP contribution in [-0.4, -0.2) is 9.55 Å². The van der Waals surface area contributed by atoms with Crippen LogP contribution in [0.1, 0.15) is 11.1 Å². The molecule has 2 aromatic carbocycles. The Morgan fingerprint density at radius 1 is 1.16 bits per heavy atom. The highest BCUT2D eigenvalue weighted by atomic mass is 79.9. The molecule has 0 unspecified atom stereocenters. The Labute approximate surface area is 119 Å². The molecule has 0 aliphatic rings. The van der Waals surface area contributed by atoms with E-state index in [2.05, 4.69) is 52.1 Å². The highest BCUT2D eigenvalue weighted by Gasteiger charge is 2.08. The summed E-state index contributed by atoms with van der Waals surface area (Å²) in [6, 6.07) is 14.0. The van der Waals surface area contributed by atoms with Gasteiger partial charge in [0.25, 0.3) is 0 Å². The van der Waals surface area contributed by atoms with Crippen LogP contribution in [0.25, 0.3) is 11.0 Å². The van der Waals surface area contributed by atoms with Crippen molar-refractivity contribution in [1.29, 1.82) is 0 Å². The maximum absolute atomic E-state index is 12.0. The maximum Gasteiger partial charge on any atom is 0.326 e. The first-order valence-electron chi connectivity index (χ1n) is 6.08. The fraction of sp³-hybridized carbons (Fsp3) is 0.133. The van der Waals surface area contributed by atoms with Crippen LogP contribution in [0.5, 0.6) is 0 Å². The molecule has 19 heavy (non-hydrogen) atoms. The lowest BCUT2D eigenvalue weighted by molar-refractivity contribution is 0.786. The molecule has 0 saturated heterocycles. The molecule has 3 nitrogen and oxygen atoms in total. The molecular weight excluding hydrogens is 304 g/mol. The van der Waals surface area contributed by atoms with Gasteiger partial charge < -0.3 is 4.98 Å². The van der Waals surface area contributed by atoms with Crippen molar-refractivity contribution in [2.75, 3.05) is 0 Å². The molecule has 96 valence electrons. The molecule has 0 aliphatic carbocycles. The molecule has 0 atom stereocenters. The Bertz CT molecular complexity index is 784. The molecule has 1 heterocycles. The number of halogens is 1. The third-order valence-electron chi connectivity index (χ3n) is 3.22. The second-order valence-corrected chi connectivity index (χ2v) is 5.49. The van der Waals surface area contributed by atoms with Crippen molar-refractivity contribution in [3.63, 3.8) is 0 Å². The lowest BCUT2D eigenvalue weighted by Gasteiger charge is -2.04. The van der Waals surface area contributed by atoms with E-state index in [-0.39, 0.29) is 5.69 Å². The number of aryl methyl sites for hydroxylation is 1. The minimum Gasteiger partial charge on any atom is -0.305 e. The Morgan fingerprint density at radius 2 is 1.89 bits per heavy atom. The second kappa shape index (κ2) is 4.70. The van der Waals surface area contributed by atoms with Crippen LogP contribution in [0.3, 0.4) is 0 Å². The number of aromatic amines is 1. The van der Waals surface area contributed by atoms with Crippen molar-refractivity contribution < 1.29 is 0 Å². The number of hydrogen-bond donors (Lipinski definition) is 1. The fourth-order valence-electron chi connectivity index (χ4n) is 2.18. The quantitative estimate of drug-likeness (QED) is 0.772. The van der Waals surface area contributed by atoms with Crippen LogP contribution >= 0.6 is 15.9 Å². The lowest BCUT2D eigenvalue weighted by atomic mass is 10.1. The molecule has 4 heteroatoms. The first-order chi connectivity index (χ1) is 9.15. The smallest absolute Gasteiger partial charge is 0.305 e. The molecule has 1 aromatic heterocycles. The van der Waals surface area contributed by atoms with Crippen LogP contribution in [0.2, 0.25) is 0 Å². The summed E-state index contributed by atoms with van der Waals surface area (Å²) in [6.45, 7) is 2.63. The van der Waals surface area contributed by atoms with Crippen molar-refractivity contribution in [3.8, 4) is 0 Å². The predicted octanol–water partition coefficient (Wildman–Crippen LogP) is 3.45. The molecule has 0 radical (unpaired) electrons. The molecule has 3 rings (SSSR count). The summed E-state index contributed by atoms with van der Waals surface area (Å²) in [4.78, 5) is 14.9. The van der Waals surface area contributed by atoms with Crippen molar-refractivity contribution in [3.05, 3.63) is 68.5 Å². The van der Waals surface area contributed by atoms with E-state index < -0.39 is 0 Å². The van der Waals surface area contributed by atoms with Gasteiger partial charge in [-0.15, -0.1) is 0 Å². The summed E-state index contributed by atoms with van der Waals surface area (Å²) >= 11 is 3.46. The lowest BCUT2D eigenvalue weighted by Crippen LogP contribution is -2.17. The van der Waals surface area contributed by atoms with Crippen LogP contribution < -0.4 is 5.69 Å². The van der Waals surface area contributed by atoms with E-state index >= 15 is 0 Å². The van der Waals surface area contributed by atoms with Crippen molar-refractivity contribution in [2.24, 2.45) is 0 Å². The van der Waals surface area contributed by atoms with Gasteiger partial charge in [0.15, 0.2) is 0 Å². The Hall–Kier alpha value is -1.81. The normalized spacial score (nSPS) is 11.1. The summed E-state index contributed by atoms with van der Waals surface area (Å²) in [5, 5.41) is 0. The molecule has 0 bridgehead atoms. The van der Waals surface area contributed by atoms with Gasteiger partial charge in [0.05, 0.1) is 17.6 Å². The highest BCUT2D eigenvalue weighted by molar-refractivity contribution is 9.10. The molecule has 0 saturated carbocycles. The monoisotopic (exact) mass is 316 g/mol. The third kappa shape index (κ3) is 2.24. The minimum atomic E-state index is -0.0810. The number of rotatable bonds is 2. The van der Waals surface area contributed by atoms with Gasteiger partial charge in [0, 0.05) is 4.47 Å². The number of hydrogen-bond acceptors (Lipinski definition) is 1. The second-order valence-electron chi connectivity index (χ2n) is 4.64. The van der Waals surface area contributed by atoms with Gasteiger partial charge in [-0.2, -0.15) is 0 Å². The maximum atomic E-state index is 12.0. The molecule has 0 fully saturated rings. The molecule has 1 N–H and O–H groups in total. The number of nitrogens with one attached hydrogen (secondary N) is 1. The highest BCUT2D eigenvalue weighted by Crippen LogP contribution is 2.21. The average molecular weight is 317 g/mol. The van der Waals surface area contributed by atoms with Gasteiger partial charge in [0.1, 0.15) is 0 Å². The number of H-pyrrole nitrogens is 1. The number of imidazole rings is 1. The van der Waals surface area contributed by atoms with E-state index in [9.17, 15) is 4.79 Å². The van der Waals surface area contributed by atoms with Crippen LogP contribution in [0.4, 0.5) is 0 Å². The third-order valence-corrected chi connectivity index (χ3v) is 3.88. The standard InChI is InChI=1S/C15H13BrN2O/c1-10-5-7-11(8-6-10)9-18-13-4-2-3-12(16)14(13)17-15(18)19/h2-8H,9H2,1H3,(H,17,19). The molecule has 0 amide bonds. The van der Waals surface area contributed by atoms with Crippen LogP contribution in [0, 0.1) is 6.92 Å². The van der Waals surface area contributed by atoms with E-state index in [0.29, 0.717) is 6.54 Å². The van der Waals surface area contributed by atoms with E-state index in [1.807, 2.05) is 18.2 Å². The van der Waals surface area contributed by atoms with E-state index in [0.717, 1.165) is 21.1 Å². The number of nitrogens with zero attached hydrogens (tertiary/aromatic N) is 1. The first kappa shape index (κ1) is 12.2. The van der Waals surface area contributed by atoms with Crippen molar-refractivity contribution >= 4 is 27.0 Å². The van der Waals surface area contributed by atoms with Gasteiger partial charge in [-0.05, 0) is 40.5 Å². The number of fused-ring (bicyclic) bond motifs is 1. The average Bonchev–Trinajstić information content (AvgIpc) is 2.71. The molecule has 3 aromatic rings. The van der Waals surface area contributed by atoms with Gasteiger partial charge in [0.2, 0.25) is 0 Å². The van der Waals surface area contributed by atoms with E-state index in [1.54, 1.807) is 4.57 Å². The molecular formula is C15H13BrN2O. The van der Waals surface area contributed by atoms with E-state index in [1.165, 1.54) is 5.56 Å². The van der Waals surface area contributed by atoms with Crippen molar-refractivity contribution in [1.82, 2.24) is 9.55 Å². The predicted molar refractivity (Wildman–Crippen MR) is 80.5 cm³/mol. The van der Waals surface area contributed by atoms with E-state index in [4.69, 9.17) is 0 Å². The number of aromatic nitrogens is 2. The Balaban J connectivity index is 2.10. The van der Waals surface area contributed by atoms with Crippen molar-refractivity contribution in [2.45, 2.75) is 13.5 Å². The largest absolute Gasteiger partial charge is 0.326 e. The topological polar surface area (TPSA) is 37.8 Å². The first-order valence-corrected chi connectivity index (χ1v) is 6.87. The Morgan fingerprint density at radius 3 is 2.63 bits per heavy atom. The van der Waals surface area contributed by atoms with Crippen LogP contribution in [0.15, 0.2) is 51.7 Å². The molecule has 0 aliphatic heterocycles. The van der Waals surface area contributed by atoms with Crippen LogP contribution in [-0.2, 0) is 6.54 Å². The number of benzene rings is 2. The summed E-state index contributed by atoms with van der Waals surface area (Å²) in [5.41, 5.74) is 4.02. The number of para-hydroxylation sites is 1. The Kier molecular flexibility index (Phi) is 3.03. The van der Waals surface area contributed by atoms with Gasteiger partial charge in [-0.3, -0.25) is 4.57 Å². The molecule has 0 spiro atoms. The van der Waals surface area contributed by atoms with Gasteiger partial charge >= 0.3 is 5.69 Å². The summed E-state index contributed by atoms with van der Waals surface area (Å²) < 4.78 is 2.66. The zero-order valence-electron chi connectivity index (χ0n) is 10.5. The van der Waals surface area contributed by atoms with Gasteiger partial charge in [-0.25, -0.2) is 4.79 Å². The SMILES string of the molecule is Cc1ccc(Cn2c(=O)[nH]c3c(Br)cccc32)cc1. The zero-order valence-corrected chi connectivity index (χ0v) is 12.1.